The SMILES string of the molecule is O=C(O)Cc1cc(Cl)c(Br)cc1C(=O)O. The molecule has 0 aliphatic heterocycles. The summed E-state index contributed by atoms with van der Waals surface area (Å²) in [6, 6.07) is 2.63. The topological polar surface area (TPSA) is 74.6 Å². The molecule has 0 radical (unpaired) electrons. The zero-order valence-electron chi connectivity index (χ0n) is 7.33. The molecule has 1 aromatic rings. The molecule has 0 aromatic heterocycles. The van der Waals surface area contributed by atoms with Gasteiger partial charge < -0.3 is 10.2 Å². The second-order valence-corrected chi connectivity index (χ2v) is 4.06. The van der Waals surface area contributed by atoms with Crippen molar-refractivity contribution in [2.75, 3.05) is 0 Å². The first-order valence-corrected chi connectivity index (χ1v) is 5.02. The second kappa shape index (κ2) is 4.63. The van der Waals surface area contributed by atoms with E-state index in [-0.39, 0.29) is 22.6 Å². The number of aliphatic carboxylic acids is 1. The van der Waals surface area contributed by atoms with Gasteiger partial charge in [-0.1, -0.05) is 11.6 Å². The molecule has 0 spiro atoms. The van der Waals surface area contributed by atoms with Crippen molar-refractivity contribution in [1.29, 1.82) is 0 Å². The Balaban J connectivity index is 3.28. The predicted molar refractivity (Wildman–Crippen MR) is 57.5 cm³/mol. The molecule has 0 aliphatic carbocycles. The van der Waals surface area contributed by atoms with Crippen LogP contribution in [-0.4, -0.2) is 22.2 Å². The van der Waals surface area contributed by atoms with Crippen LogP contribution in [0.2, 0.25) is 5.02 Å². The van der Waals surface area contributed by atoms with E-state index in [1.165, 1.54) is 12.1 Å². The van der Waals surface area contributed by atoms with Crippen molar-refractivity contribution in [3.63, 3.8) is 0 Å². The van der Waals surface area contributed by atoms with E-state index in [4.69, 9.17) is 21.8 Å². The van der Waals surface area contributed by atoms with Gasteiger partial charge in [0, 0.05) is 4.47 Å². The predicted octanol–water partition coefficient (Wildman–Crippen LogP) is 2.43. The molecule has 0 bridgehead atoms. The molecule has 2 N–H and O–H groups in total. The van der Waals surface area contributed by atoms with Crippen LogP contribution in [0.25, 0.3) is 0 Å². The van der Waals surface area contributed by atoms with Crippen molar-refractivity contribution in [1.82, 2.24) is 0 Å². The summed E-state index contributed by atoms with van der Waals surface area (Å²) in [5.41, 5.74) is 0.122. The van der Waals surface area contributed by atoms with Crippen molar-refractivity contribution in [3.05, 3.63) is 32.8 Å². The summed E-state index contributed by atoms with van der Waals surface area (Å²) in [6.07, 6.45) is -0.366. The summed E-state index contributed by atoms with van der Waals surface area (Å²) < 4.78 is 0.427. The fourth-order valence-electron chi connectivity index (χ4n) is 1.10. The van der Waals surface area contributed by atoms with E-state index < -0.39 is 11.9 Å². The van der Waals surface area contributed by atoms with Gasteiger partial charge in [-0.25, -0.2) is 4.79 Å². The van der Waals surface area contributed by atoms with E-state index >= 15 is 0 Å². The minimum absolute atomic E-state index is 0.0614. The van der Waals surface area contributed by atoms with Gasteiger partial charge in [0.2, 0.25) is 0 Å². The molecule has 0 saturated carbocycles. The number of aromatic carboxylic acids is 1. The maximum absolute atomic E-state index is 10.8. The number of benzene rings is 1. The Kier molecular flexibility index (Phi) is 3.71. The molecule has 0 heterocycles. The van der Waals surface area contributed by atoms with Gasteiger partial charge in [0.1, 0.15) is 0 Å². The molecule has 0 unspecified atom stereocenters. The Bertz CT molecular complexity index is 430. The molecule has 0 fully saturated rings. The highest BCUT2D eigenvalue weighted by Crippen LogP contribution is 2.26. The Morgan fingerprint density at radius 1 is 1.33 bits per heavy atom. The van der Waals surface area contributed by atoms with Crippen LogP contribution in [0.1, 0.15) is 15.9 Å². The highest BCUT2D eigenvalue weighted by molar-refractivity contribution is 9.10. The molecular weight excluding hydrogens is 287 g/mol. The molecule has 15 heavy (non-hydrogen) atoms. The lowest BCUT2D eigenvalue weighted by atomic mass is 10.0. The van der Waals surface area contributed by atoms with Crippen LogP contribution in [-0.2, 0) is 11.2 Å². The smallest absolute Gasteiger partial charge is 0.336 e. The summed E-state index contributed by atoms with van der Waals surface area (Å²) in [4.78, 5) is 21.3. The van der Waals surface area contributed by atoms with Crippen LogP contribution in [0.4, 0.5) is 0 Å². The van der Waals surface area contributed by atoms with Crippen LogP contribution in [0.5, 0.6) is 0 Å². The molecule has 1 rings (SSSR count). The third-order valence-electron chi connectivity index (χ3n) is 1.72. The van der Waals surface area contributed by atoms with Crippen LogP contribution in [0.15, 0.2) is 16.6 Å². The summed E-state index contributed by atoms with van der Waals surface area (Å²) in [5, 5.41) is 17.7. The number of carboxylic acids is 2. The first kappa shape index (κ1) is 12.0. The number of carbonyl (C=O) groups is 2. The molecule has 0 amide bonds. The first-order valence-electron chi connectivity index (χ1n) is 3.85. The van der Waals surface area contributed by atoms with Crippen LogP contribution < -0.4 is 0 Å². The van der Waals surface area contributed by atoms with Crippen LogP contribution >= 0.6 is 27.5 Å². The fraction of sp³-hybridized carbons (Fsp3) is 0.111. The average molecular weight is 294 g/mol. The Hall–Kier alpha value is -1.07. The van der Waals surface area contributed by atoms with E-state index in [0.29, 0.717) is 4.47 Å². The number of halogens is 2. The average Bonchev–Trinajstić information content (AvgIpc) is 2.09. The number of carboxylic acid groups (broad SMARTS) is 2. The van der Waals surface area contributed by atoms with Gasteiger partial charge in [0.05, 0.1) is 17.0 Å². The maximum atomic E-state index is 10.8. The van der Waals surface area contributed by atoms with Gasteiger partial charge in [-0.15, -0.1) is 0 Å². The Morgan fingerprint density at radius 3 is 2.40 bits per heavy atom. The molecular formula is C9H6BrClO4. The summed E-state index contributed by atoms with van der Waals surface area (Å²) in [6.45, 7) is 0. The van der Waals surface area contributed by atoms with Gasteiger partial charge in [-0.3, -0.25) is 4.79 Å². The number of hydrogen-bond donors (Lipinski definition) is 2. The standard InChI is InChI=1S/C9H6BrClO4/c10-6-3-5(9(14)15)4(1-7(6)11)2-8(12)13/h1,3H,2H2,(H,12,13)(H,14,15). The summed E-state index contributed by atoms with van der Waals surface area (Å²) >= 11 is 8.81. The van der Waals surface area contributed by atoms with Gasteiger partial charge >= 0.3 is 11.9 Å². The lowest BCUT2D eigenvalue weighted by Crippen LogP contribution is -2.08. The summed E-state index contributed by atoms with van der Waals surface area (Å²) in [5.74, 6) is -2.28. The quantitative estimate of drug-likeness (QED) is 0.897. The Morgan fingerprint density at radius 2 is 1.93 bits per heavy atom. The van der Waals surface area contributed by atoms with Crippen molar-refractivity contribution >= 4 is 39.5 Å². The van der Waals surface area contributed by atoms with E-state index in [1.807, 2.05) is 0 Å². The van der Waals surface area contributed by atoms with Crippen molar-refractivity contribution in [2.45, 2.75) is 6.42 Å². The van der Waals surface area contributed by atoms with E-state index in [9.17, 15) is 9.59 Å². The third kappa shape index (κ3) is 2.94. The second-order valence-electron chi connectivity index (χ2n) is 2.80. The van der Waals surface area contributed by atoms with Gasteiger partial charge in [-0.2, -0.15) is 0 Å². The van der Waals surface area contributed by atoms with Crippen molar-refractivity contribution in [3.8, 4) is 0 Å². The van der Waals surface area contributed by atoms with Crippen molar-refractivity contribution < 1.29 is 19.8 Å². The van der Waals surface area contributed by atoms with E-state index in [1.54, 1.807) is 0 Å². The minimum atomic E-state index is -1.18. The zero-order chi connectivity index (χ0) is 11.6. The van der Waals surface area contributed by atoms with E-state index in [2.05, 4.69) is 15.9 Å². The lowest BCUT2D eigenvalue weighted by molar-refractivity contribution is -0.136. The van der Waals surface area contributed by atoms with Gasteiger partial charge in [0.25, 0.3) is 0 Å². The highest BCUT2D eigenvalue weighted by Gasteiger charge is 2.15. The lowest BCUT2D eigenvalue weighted by Gasteiger charge is -2.05. The van der Waals surface area contributed by atoms with Crippen molar-refractivity contribution in [2.24, 2.45) is 0 Å². The molecule has 4 nitrogen and oxygen atoms in total. The molecule has 80 valence electrons. The van der Waals surface area contributed by atoms with Crippen LogP contribution in [0, 0.1) is 0 Å². The largest absolute Gasteiger partial charge is 0.481 e. The number of rotatable bonds is 3. The maximum Gasteiger partial charge on any atom is 0.336 e. The third-order valence-corrected chi connectivity index (χ3v) is 2.92. The minimum Gasteiger partial charge on any atom is -0.481 e. The summed E-state index contributed by atoms with van der Waals surface area (Å²) in [7, 11) is 0. The Labute approximate surface area is 98.6 Å². The number of hydrogen-bond acceptors (Lipinski definition) is 2. The molecule has 0 saturated heterocycles. The van der Waals surface area contributed by atoms with Gasteiger partial charge in [0.15, 0.2) is 0 Å². The monoisotopic (exact) mass is 292 g/mol. The zero-order valence-corrected chi connectivity index (χ0v) is 9.67. The normalized spacial score (nSPS) is 10.0. The molecule has 6 heteroatoms. The van der Waals surface area contributed by atoms with Gasteiger partial charge in [-0.05, 0) is 33.6 Å². The molecule has 0 aliphatic rings. The molecule has 0 atom stereocenters. The fourth-order valence-corrected chi connectivity index (χ4v) is 1.63. The van der Waals surface area contributed by atoms with E-state index in [0.717, 1.165) is 0 Å². The molecule has 1 aromatic carbocycles. The highest BCUT2D eigenvalue weighted by atomic mass is 79.9. The van der Waals surface area contributed by atoms with Crippen LogP contribution in [0.3, 0.4) is 0 Å². The first-order chi connectivity index (χ1) is 6.91.